The summed E-state index contributed by atoms with van der Waals surface area (Å²) in [5, 5.41) is 16.0. The molecule has 2 aliphatic carbocycles. The maximum Gasteiger partial charge on any atom is 0.251 e. The molecule has 2 aliphatic rings. The van der Waals surface area contributed by atoms with Crippen molar-refractivity contribution in [1.29, 1.82) is 0 Å². The maximum atomic E-state index is 12.0. The Hall–Kier alpha value is -1.55. The third-order valence-electron chi connectivity index (χ3n) is 4.10. The molecule has 2 saturated carbocycles. The first-order valence-corrected chi connectivity index (χ1v) is 7.56. The molecule has 1 aromatic rings. The summed E-state index contributed by atoms with van der Waals surface area (Å²) >= 11 is 0. The predicted octanol–water partition coefficient (Wildman–Crippen LogP) is 2.29. The van der Waals surface area contributed by atoms with Gasteiger partial charge in [0.15, 0.2) is 0 Å². The van der Waals surface area contributed by atoms with E-state index >= 15 is 0 Å². The zero-order valence-electron chi connectivity index (χ0n) is 11.6. The molecule has 0 heterocycles. The summed E-state index contributed by atoms with van der Waals surface area (Å²) < 4.78 is 0. The van der Waals surface area contributed by atoms with E-state index in [0.29, 0.717) is 12.1 Å². The van der Waals surface area contributed by atoms with Crippen LogP contribution in [0.5, 0.6) is 0 Å². The minimum Gasteiger partial charge on any atom is -0.393 e. The number of amides is 1. The van der Waals surface area contributed by atoms with Gasteiger partial charge in [-0.3, -0.25) is 4.79 Å². The largest absolute Gasteiger partial charge is 0.393 e. The van der Waals surface area contributed by atoms with Crippen LogP contribution in [0.2, 0.25) is 0 Å². The third-order valence-corrected chi connectivity index (χ3v) is 4.10. The second-order valence-electron chi connectivity index (χ2n) is 5.98. The van der Waals surface area contributed by atoms with Crippen LogP contribution in [0.4, 0.5) is 5.69 Å². The number of anilines is 1. The molecule has 1 amide bonds. The van der Waals surface area contributed by atoms with Gasteiger partial charge in [-0.15, -0.1) is 0 Å². The van der Waals surface area contributed by atoms with Crippen molar-refractivity contribution in [1.82, 2.24) is 5.32 Å². The normalized spacial score (nSPS) is 26.1. The molecule has 0 radical (unpaired) electrons. The lowest BCUT2D eigenvalue weighted by Crippen LogP contribution is -2.28. The lowest BCUT2D eigenvalue weighted by atomic mass is 9.93. The number of hydrogen-bond donors (Lipinski definition) is 3. The van der Waals surface area contributed by atoms with Crippen molar-refractivity contribution >= 4 is 11.6 Å². The zero-order valence-corrected chi connectivity index (χ0v) is 11.6. The molecule has 20 heavy (non-hydrogen) atoms. The lowest BCUT2D eigenvalue weighted by molar-refractivity contribution is 0.0951. The fourth-order valence-electron chi connectivity index (χ4n) is 2.70. The molecular weight excluding hydrogens is 252 g/mol. The van der Waals surface area contributed by atoms with Crippen LogP contribution in [0.25, 0.3) is 0 Å². The first-order chi connectivity index (χ1) is 9.70. The minimum absolute atomic E-state index is 0.0233. The molecule has 0 saturated heterocycles. The Morgan fingerprint density at radius 2 is 1.75 bits per heavy atom. The quantitative estimate of drug-likeness (QED) is 0.789. The highest BCUT2D eigenvalue weighted by Crippen LogP contribution is 2.23. The molecule has 1 aromatic carbocycles. The Morgan fingerprint density at radius 1 is 1.05 bits per heavy atom. The van der Waals surface area contributed by atoms with E-state index in [-0.39, 0.29) is 12.0 Å². The molecular formula is C16H22N2O2. The van der Waals surface area contributed by atoms with Crippen LogP contribution >= 0.6 is 0 Å². The smallest absolute Gasteiger partial charge is 0.251 e. The summed E-state index contributed by atoms with van der Waals surface area (Å²) in [6.07, 6.45) is 5.77. The lowest BCUT2D eigenvalue weighted by Gasteiger charge is -2.27. The summed E-state index contributed by atoms with van der Waals surface area (Å²) in [6.45, 7) is 0. The van der Waals surface area contributed by atoms with Crippen molar-refractivity contribution in [2.75, 3.05) is 5.32 Å². The Bertz CT molecular complexity index is 477. The minimum atomic E-state index is -0.135. The standard InChI is InChI=1S/C16H22N2O2/c19-15-8-6-12(7-9-15)17-14-3-1-2-11(10-14)16(20)18-13-4-5-13/h1-3,10,12-13,15,17,19H,4-9H2,(H,18,20). The van der Waals surface area contributed by atoms with Crippen molar-refractivity contribution in [3.8, 4) is 0 Å². The fraction of sp³-hybridized carbons (Fsp3) is 0.562. The van der Waals surface area contributed by atoms with Crippen LogP contribution in [-0.4, -0.2) is 29.2 Å². The van der Waals surface area contributed by atoms with Gasteiger partial charge in [-0.25, -0.2) is 0 Å². The molecule has 108 valence electrons. The highest BCUT2D eigenvalue weighted by molar-refractivity contribution is 5.95. The van der Waals surface area contributed by atoms with E-state index in [9.17, 15) is 9.90 Å². The number of aliphatic hydroxyl groups is 1. The van der Waals surface area contributed by atoms with E-state index in [0.717, 1.165) is 49.8 Å². The van der Waals surface area contributed by atoms with Gasteiger partial charge in [0.05, 0.1) is 6.10 Å². The van der Waals surface area contributed by atoms with Crippen molar-refractivity contribution in [2.45, 2.75) is 56.7 Å². The topological polar surface area (TPSA) is 61.4 Å². The van der Waals surface area contributed by atoms with E-state index < -0.39 is 0 Å². The summed E-state index contributed by atoms with van der Waals surface area (Å²) in [5.74, 6) is 0.0233. The molecule has 0 unspecified atom stereocenters. The molecule has 0 spiro atoms. The van der Waals surface area contributed by atoms with Gasteiger partial charge in [-0.1, -0.05) is 6.07 Å². The van der Waals surface area contributed by atoms with Gasteiger partial charge < -0.3 is 15.7 Å². The van der Waals surface area contributed by atoms with Crippen molar-refractivity contribution in [3.05, 3.63) is 29.8 Å². The van der Waals surface area contributed by atoms with Crippen LogP contribution in [0.1, 0.15) is 48.9 Å². The SMILES string of the molecule is O=C(NC1CC1)c1cccc(NC2CCC(O)CC2)c1. The van der Waals surface area contributed by atoms with Gasteiger partial charge in [0, 0.05) is 23.3 Å². The first-order valence-electron chi connectivity index (χ1n) is 7.56. The Kier molecular flexibility index (Phi) is 3.92. The molecule has 0 aliphatic heterocycles. The number of carbonyl (C=O) groups is 1. The number of aliphatic hydroxyl groups excluding tert-OH is 1. The molecule has 3 rings (SSSR count). The molecule has 2 fully saturated rings. The van der Waals surface area contributed by atoms with Crippen molar-refractivity contribution in [2.24, 2.45) is 0 Å². The van der Waals surface area contributed by atoms with Crippen LogP contribution in [-0.2, 0) is 0 Å². The summed E-state index contributed by atoms with van der Waals surface area (Å²) in [7, 11) is 0. The van der Waals surface area contributed by atoms with Gasteiger partial charge in [-0.2, -0.15) is 0 Å². The van der Waals surface area contributed by atoms with Gasteiger partial charge >= 0.3 is 0 Å². The van der Waals surface area contributed by atoms with E-state index in [1.165, 1.54) is 0 Å². The summed E-state index contributed by atoms with van der Waals surface area (Å²) in [4.78, 5) is 12.0. The number of rotatable bonds is 4. The van der Waals surface area contributed by atoms with E-state index in [2.05, 4.69) is 10.6 Å². The molecule has 4 heteroatoms. The Balaban J connectivity index is 1.60. The summed E-state index contributed by atoms with van der Waals surface area (Å²) in [6, 6.07) is 8.48. The highest BCUT2D eigenvalue weighted by Gasteiger charge is 2.24. The maximum absolute atomic E-state index is 12.0. The van der Waals surface area contributed by atoms with Gasteiger partial charge in [0.1, 0.15) is 0 Å². The highest BCUT2D eigenvalue weighted by atomic mass is 16.3. The van der Waals surface area contributed by atoms with Crippen LogP contribution in [0, 0.1) is 0 Å². The van der Waals surface area contributed by atoms with Crippen LogP contribution < -0.4 is 10.6 Å². The predicted molar refractivity (Wildman–Crippen MR) is 78.8 cm³/mol. The zero-order chi connectivity index (χ0) is 13.9. The summed E-state index contributed by atoms with van der Waals surface area (Å²) in [5.41, 5.74) is 1.72. The third kappa shape index (κ3) is 3.51. The second kappa shape index (κ2) is 5.83. The van der Waals surface area contributed by atoms with E-state index in [4.69, 9.17) is 0 Å². The van der Waals surface area contributed by atoms with Gasteiger partial charge in [0.2, 0.25) is 0 Å². The molecule has 3 N–H and O–H groups in total. The molecule has 0 bridgehead atoms. The molecule has 0 atom stereocenters. The van der Waals surface area contributed by atoms with Gasteiger partial charge in [0.25, 0.3) is 5.91 Å². The van der Waals surface area contributed by atoms with Crippen LogP contribution in [0.15, 0.2) is 24.3 Å². The number of carbonyl (C=O) groups excluding carboxylic acids is 1. The number of hydrogen-bond acceptors (Lipinski definition) is 3. The number of benzene rings is 1. The fourth-order valence-corrected chi connectivity index (χ4v) is 2.70. The number of nitrogens with one attached hydrogen (secondary N) is 2. The van der Waals surface area contributed by atoms with E-state index in [1.54, 1.807) is 0 Å². The Labute approximate surface area is 119 Å². The Morgan fingerprint density at radius 3 is 2.45 bits per heavy atom. The average Bonchev–Trinajstić information content (AvgIpc) is 3.26. The van der Waals surface area contributed by atoms with Crippen molar-refractivity contribution in [3.63, 3.8) is 0 Å². The van der Waals surface area contributed by atoms with Gasteiger partial charge in [-0.05, 0) is 56.7 Å². The van der Waals surface area contributed by atoms with Crippen molar-refractivity contribution < 1.29 is 9.90 Å². The first kappa shape index (κ1) is 13.4. The second-order valence-corrected chi connectivity index (χ2v) is 5.98. The monoisotopic (exact) mass is 274 g/mol. The molecule has 0 aromatic heterocycles. The van der Waals surface area contributed by atoms with Crippen LogP contribution in [0.3, 0.4) is 0 Å². The molecule has 4 nitrogen and oxygen atoms in total. The van der Waals surface area contributed by atoms with E-state index in [1.807, 2.05) is 24.3 Å². The average molecular weight is 274 g/mol.